The van der Waals surface area contributed by atoms with E-state index in [0.717, 1.165) is 24.3 Å². The second-order valence-corrected chi connectivity index (χ2v) is 7.71. The number of halogens is 3. The van der Waals surface area contributed by atoms with Gasteiger partial charge >= 0.3 is 6.18 Å². The molecule has 4 N–H and O–H groups in total. The Balaban J connectivity index is 1.99. The summed E-state index contributed by atoms with van der Waals surface area (Å²) in [4.78, 5) is 24.3. The SMILES string of the molecule is NC(=O)[C@@H](CC[S@@](=O)c1ccccc1)NC(=O)[C@@H](O)c1ccc(C(F)(F)F)cc1. The molecule has 0 saturated heterocycles. The molecule has 156 valence electrons. The number of rotatable bonds is 8. The van der Waals surface area contributed by atoms with Gasteiger partial charge in [-0.2, -0.15) is 13.2 Å². The molecular weight excluding hydrogens is 409 g/mol. The lowest BCUT2D eigenvalue weighted by Gasteiger charge is -2.18. The molecule has 0 aliphatic rings. The van der Waals surface area contributed by atoms with Crippen LogP contribution in [0.25, 0.3) is 0 Å². The molecule has 6 nitrogen and oxygen atoms in total. The Morgan fingerprint density at radius 3 is 2.17 bits per heavy atom. The average molecular weight is 428 g/mol. The summed E-state index contributed by atoms with van der Waals surface area (Å²) in [5.74, 6) is -1.85. The molecule has 0 unspecified atom stereocenters. The van der Waals surface area contributed by atoms with Gasteiger partial charge in [0.1, 0.15) is 6.04 Å². The van der Waals surface area contributed by atoms with E-state index in [1.807, 2.05) is 0 Å². The number of hydrogen-bond acceptors (Lipinski definition) is 4. The van der Waals surface area contributed by atoms with Gasteiger partial charge in [0.15, 0.2) is 6.10 Å². The summed E-state index contributed by atoms with van der Waals surface area (Å²) < 4.78 is 50.0. The topological polar surface area (TPSA) is 109 Å². The lowest BCUT2D eigenvalue weighted by molar-refractivity contribution is -0.137. The molecular formula is C19H19F3N2O4S. The van der Waals surface area contributed by atoms with Crippen LogP contribution in [0.4, 0.5) is 13.2 Å². The molecule has 10 heteroatoms. The molecule has 0 heterocycles. The van der Waals surface area contributed by atoms with E-state index >= 15 is 0 Å². The summed E-state index contributed by atoms with van der Waals surface area (Å²) in [5, 5.41) is 12.3. The highest BCUT2D eigenvalue weighted by Gasteiger charge is 2.31. The van der Waals surface area contributed by atoms with Crippen molar-refractivity contribution in [2.75, 3.05) is 5.75 Å². The van der Waals surface area contributed by atoms with Crippen LogP contribution in [0.2, 0.25) is 0 Å². The van der Waals surface area contributed by atoms with Gasteiger partial charge < -0.3 is 16.2 Å². The summed E-state index contributed by atoms with van der Waals surface area (Å²) in [6.45, 7) is 0. The van der Waals surface area contributed by atoms with Gasteiger partial charge in [0.25, 0.3) is 5.91 Å². The van der Waals surface area contributed by atoms with E-state index in [0.29, 0.717) is 4.90 Å². The number of amides is 2. The third-order valence-electron chi connectivity index (χ3n) is 4.06. The van der Waals surface area contributed by atoms with Gasteiger partial charge in [-0.05, 0) is 36.2 Å². The highest BCUT2D eigenvalue weighted by atomic mass is 32.2. The van der Waals surface area contributed by atoms with Crippen molar-refractivity contribution in [3.8, 4) is 0 Å². The van der Waals surface area contributed by atoms with Crippen LogP contribution < -0.4 is 11.1 Å². The molecule has 0 fully saturated rings. The zero-order valence-electron chi connectivity index (χ0n) is 15.1. The third-order valence-corrected chi connectivity index (χ3v) is 5.46. The minimum atomic E-state index is -4.54. The number of nitrogens with two attached hydrogens (primary N) is 1. The fourth-order valence-corrected chi connectivity index (χ4v) is 3.60. The Labute approximate surface area is 167 Å². The van der Waals surface area contributed by atoms with Crippen molar-refractivity contribution < 1.29 is 32.1 Å². The molecule has 0 radical (unpaired) electrons. The average Bonchev–Trinajstić information content (AvgIpc) is 2.70. The van der Waals surface area contributed by atoms with Gasteiger partial charge in [-0.15, -0.1) is 0 Å². The fraction of sp³-hybridized carbons (Fsp3) is 0.263. The Morgan fingerprint density at radius 2 is 1.66 bits per heavy atom. The van der Waals surface area contributed by atoms with Gasteiger partial charge in [0.2, 0.25) is 5.91 Å². The minimum absolute atomic E-state index is 0.0360. The summed E-state index contributed by atoms with van der Waals surface area (Å²) >= 11 is 0. The molecule has 0 saturated carbocycles. The lowest BCUT2D eigenvalue weighted by Crippen LogP contribution is -2.46. The van der Waals surface area contributed by atoms with Gasteiger partial charge in [-0.3, -0.25) is 13.8 Å². The predicted molar refractivity (Wildman–Crippen MR) is 99.9 cm³/mol. The van der Waals surface area contributed by atoms with Crippen LogP contribution in [0.1, 0.15) is 23.7 Å². The monoisotopic (exact) mass is 428 g/mol. The van der Waals surface area contributed by atoms with E-state index in [1.165, 1.54) is 0 Å². The van der Waals surface area contributed by atoms with Gasteiger partial charge in [0.05, 0.1) is 16.4 Å². The first-order valence-corrected chi connectivity index (χ1v) is 9.80. The maximum Gasteiger partial charge on any atom is 0.416 e. The molecule has 0 bridgehead atoms. The van der Waals surface area contributed by atoms with Crippen molar-refractivity contribution in [2.45, 2.75) is 29.6 Å². The van der Waals surface area contributed by atoms with Crippen LogP contribution in [0.5, 0.6) is 0 Å². The number of carbonyl (C=O) groups is 2. The second-order valence-electron chi connectivity index (χ2n) is 6.14. The maximum atomic E-state index is 12.6. The van der Waals surface area contributed by atoms with Gasteiger partial charge in [-0.25, -0.2) is 0 Å². The van der Waals surface area contributed by atoms with E-state index in [1.54, 1.807) is 30.3 Å². The number of aliphatic hydroxyl groups is 1. The van der Waals surface area contributed by atoms with Crippen molar-refractivity contribution >= 4 is 22.6 Å². The zero-order chi connectivity index (χ0) is 21.6. The molecule has 2 rings (SSSR count). The number of primary amides is 1. The molecule has 29 heavy (non-hydrogen) atoms. The van der Waals surface area contributed by atoms with E-state index < -0.39 is 46.5 Å². The summed E-state index contributed by atoms with van der Waals surface area (Å²) in [5.41, 5.74) is 4.26. The van der Waals surface area contributed by atoms with Crippen molar-refractivity contribution in [1.82, 2.24) is 5.32 Å². The van der Waals surface area contributed by atoms with Crippen LogP contribution in [0.15, 0.2) is 59.5 Å². The quantitative estimate of drug-likeness (QED) is 0.597. The first-order chi connectivity index (χ1) is 13.6. The number of aliphatic hydroxyl groups excluding tert-OH is 1. The van der Waals surface area contributed by atoms with E-state index in [9.17, 15) is 32.1 Å². The number of hydrogen-bond donors (Lipinski definition) is 3. The van der Waals surface area contributed by atoms with Crippen LogP contribution in [0, 0.1) is 0 Å². The van der Waals surface area contributed by atoms with Crippen molar-refractivity contribution in [3.05, 3.63) is 65.7 Å². The molecule has 3 atom stereocenters. The Hall–Kier alpha value is -2.72. The normalized spacial score (nSPS) is 14.6. The Kier molecular flexibility index (Phi) is 7.52. The zero-order valence-corrected chi connectivity index (χ0v) is 15.9. The summed E-state index contributed by atoms with van der Waals surface area (Å²) in [7, 11) is -1.42. The van der Waals surface area contributed by atoms with Crippen LogP contribution in [0.3, 0.4) is 0 Å². The summed E-state index contributed by atoms with van der Waals surface area (Å²) in [6, 6.07) is 10.7. The van der Waals surface area contributed by atoms with Crippen molar-refractivity contribution in [1.29, 1.82) is 0 Å². The van der Waals surface area contributed by atoms with E-state index in [4.69, 9.17) is 5.73 Å². The molecule has 2 aromatic rings. The molecule has 0 aliphatic heterocycles. The van der Waals surface area contributed by atoms with E-state index in [2.05, 4.69) is 5.32 Å². The number of benzene rings is 2. The minimum Gasteiger partial charge on any atom is -0.378 e. The molecule has 0 spiro atoms. The second kappa shape index (κ2) is 9.66. The van der Waals surface area contributed by atoms with Gasteiger partial charge in [0, 0.05) is 10.6 Å². The van der Waals surface area contributed by atoms with E-state index in [-0.39, 0.29) is 17.7 Å². The molecule has 2 aromatic carbocycles. The third kappa shape index (κ3) is 6.40. The first kappa shape index (κ1) is 22.6. The standard InChI is InChI=1S/C19H19F3N2O4S/c20-19(21,22)13-8-6-12(7-9-13)16(25)18(27)24-15(17(23)26)10-11-29(28)14-4-2-1-3-5-14/h1-9,15-16,25H,10-11H2,(H2,23,26)(H,24,27)/t15-,16+,29-/m1/s1. The van der Waals surface area contributed by atoms with Crippen LogP contribution in [-0.4, -0.2) is 32.9 Å². The highest BCUT2D eigenvalue weighted by Crippen LogP contribution is 2.30. The van der Waals surface area contributed by atoms with Gasteiger partial charge in [-0.1, -0.05) is 30.3 Å². The Morgan fingerprint density at radius 1 is 1.07 bits per heavy atom. The molecule has 0 aliphatic carbocycles. The molecule has 2 amide bonds. The largest absolute Gasteiger partial charge is 0.416 e. The Bertz CT molecular complexity index is 873. The number of nitrogens with one attached hydrogen (secondary N) is 1. The fourth-order valence-electron chi connectivity index (χ4n) is 2.46. The predicted octanol–water partition coefficient (Wildman–Crippen LogP) is 1.91. The number of carbonyl (C=O) groups excluding carboxylic acids is 2. The smallest absolute Gasteiger partial charge is 0.378 e. The highest BCUT2D eigenvalue weighted by molar-refractivity contribution is 7.85. The summed E-state index contributed by atoms with van der Waals surface area (Å²) in [6.07, 6.45) is -6.38. The maximum absolute atomic E-state index is 12.6. The number of alkyl halides is 3. The van der Waals surface area contributed by atoms with Crippen molar-refractivity contribution in [2.24, 2.45) is 5.73 Å². The van der Waals surface area contributed by atoms with Crippen LogP contribution >= 0.6 is 0 Å². The first-order valence-electron chi connectivity index (χ1n) is 8.48. The van der Waals surface area contributed by atoms with Crippen molar-refractivity contribution in [3.63, 3.8) is 0 Å². The molecule has 0 aromatic heterocycles. The lowest BCUT2D eigenvalue weighted by atomic mass is 10.1. The van der Waals surface area contributed by atoms with Crippen LogP contribution in [-0.2, 0) is 26.6 Å².